The van der Waals surface area contributed by atoms with Crippen LogP contribution in [0.1, 0.15) is 12.5 Å². The van der Waals surface area contributed by atoms with Gasteiger partial charge >= 0.3 is 0 Å². The smallest absolute Gasteiger partial charge is 0.0242 e. The maximum atomic E-state index is 3.35. The van der Waals surface area contributed by atoms with E-state index in [0.717, 1.165) is 26.2 Å². The summed E-state index contributed by atoms with van der Waals surface area (Å²) in [6.45, 7) is 6.38. The van der Waals surface area contributed by atoms with Crippen LogP contribution >= 0.6 is 11.8 Å². The summed E-state index contributed by atoms with van der Waals surface area (Å²) in [5, 5.41) is 3.35. The molecule has 0 saturated carbocycles. The molecule has 0 spiro atoms. The topological polar surface area (TPSA) is 15.3 Å². The first-order chi connectivity index (χ1) is 7.77. The maximum absolute atomic E-state index is 3.35. The number of hydrogen-bond donors (Lipinski definition) is 1. The highest BCUT2D eigenvalue weighted by molar-refractivity contribution is 7.98. The Kier molecular flexibility index (Phi) is 6.53. The van der Waals surface area contributed by atoms with E-state index < -0.39 is 0 Å². The molecular weight excluding hydrogens is 216 g/mol. The highest BCUT2D eigenvalue weighted by atomic mass is 32.2. The number of thioether (sulfide) groups is 1. The van der Waals surface area contributed by atoms with Gasteiger partial charge in [-0.15, -0.1) is 11.8 Å². The molecule has 0 bridgehead atoms. The lowest BCUT2D eigenvalue weighted by atomic mass is 10.2. The summed E-state index contributed by atoms with van der Waals surface area (Å²) in [5.74, 6) is 0. The highest BCUT2D eigenvalue weighted by Gasteiger charge is 2.03. The Hall–Kier alpha value is -0.510. The normalized spacial score (nSPS) is 11.0. The van der Waals surface area contributed by atoms with E-state index in [9.17, 15) is 0 Å². The van der Waals surface area contributed by atoms with Gasteiger partial charge < -0.3 is 10.2 Å². The standard InChI is InChI=1S/C13H22N2S/c1-4-14-9-10-15(2)11-12-7-5-6-8-13(12)16-3/h5-8,14H,4,9-11H2,1-3H3. The summed E-state index contributed by atoms with van der Waals surface area (Å²) in [4.78, 5) is 3.75. The van der Waals surface area contributed by atoms with Crippen molar-refractivity contribution in [2.45, 2.75) is 18.4 Å². The van der Waals surface area contributed by atoms with Gasteiger partial charge in [-0.2, -0.15) is 0 Å². The summed E-state index contributed by atoms with van der Waals surface area (Å²) in [6.07, 6.45) is 2.14. The summed E-state index contributed by atoms with van der Waals surface area (Å²) < 4.78 is 0. The molecule has 0 aromatic heterocycles. The van der Waals surface area contributed by atoms with Gasteiger partial charge in [0.2, 0.25) is 0 Å². The van der Waals surface area contributed by atoms with Crippen molar-refractivity contribution in [2.24, 2.45) is 0 Å². The van der Waals surface area contributed by atoms with Crippen LogP contribution in [0.3, 0.4) is 0 Å². The second kappa shape index (κ2) is 7.71. The van der Waals surface area contributed by atoms with Crippen LogP contribution < -0.4 is 5.32 Å². The molecule has 0 radical (unpaired) electrons. The molecule has 3 heteroatoms. The van der Waals surface area contributed by atoms with Gasteiger partial charge in [0.15, 0.2) is 0 Å². The van der Waals surface area contributed by atoms with Gasteiger partial charge in [0.1, 0.15) is 0 Å². The van der Waals surface area contributed by atoms with Crippen LogP contribution in [-0.2, 0) is 6.54 Å². The van der Waals surface area contributed by atoms with E-state index >= 15 is 0 Å². The SMILES string of the molecule is CCNCCN(C)Cc1ccccc1SC. The predicted molar refractivity (Wildman–Crippen MR) is 73.1 cm³/mol. The highest BCUT2D eigenvalue weighted by Crippen LogP contribution is 2.20. The number of nitrogens with one attached hydrogen (secondary N) is 1. The minimum atomic E-state index is 1.03. The van der Waals surface area contributed by atoms with Gasteiger partial charge in [-0.25, -0.2) is 0 Å². The first-order valence-corrected chi connectivity index (χ1v) is 7.01. The molecule has 0 aliphatic carbocycles. The van der Waals surface area contributed by atoms with E-state index in [1.165, 1.54) is 10.5 Å². The Morgan fingerprint density at radius 3 is 2.75 bits per heavy atom. The molecule has 1 rings (SSSR count). The fourth-order valence-electron chi connectivity index (χ4n) is 1.65. The lowest BCUT2D eigenvalue weighted by Crippen LogP contribution is -2.28. The van der Waals surface area contributed by atoms with E-state index in [4.69, 9.17) is 0 Å². The fraction of sp³-hybridized carbons (Fsp3) is 0.538. The Balaban J connectivity index is 2.45. The van der Waals surface area contributed by atoms with E-state index in [1.54, 1.807) is 0 Å². The summed E-state index contributed by atoms with van der Waals surface area (Å²) in [6, 6.07) is 8.63. The van der Waals surface area contributed by atoms with Crippen LogP contribution in [0.4, 0.5) is 0 Å². The molecule has 0 fully saturated rings. The van der Waals surface area contributed by atoms with Gasteiger partial charge in [-0.3, -0.25) is 0 Å². The minimum absolute atomic E-state index is 1.03. The van der Waals surface area contributed by atoms with Crippen molar-refractivity contribution in [2.75, 3.05) is 32.9 Å². The number of rotatable bonds is 7. The zero-order valence-electron chi connectivity index (χ0n) is 10.5. The van der Waals surface area contributed by atoms with Crippen molar-refractivity contribution >= 4 is 11.8 Å². The maximum Gasteiger partial charge on any atom is 0.0242 e. The van der Waals surface area contributed by atoms with Crippen LogP contribution in [0.15, 0.2) is 29.2 Å². The van der Waals surface area contributed by atoms with Crippen LogP contribution in [0, 0.1) is 0 Å². The van der Waals surface area contributed by atoms with Crippen LogP contribution in [0.5, 0.6) is 0 Å². The van der Waals surface area contributed by atoms with Gasteiger partial charge in [0.05, 0.1) is 0 Å². The Morgan fingerprint density at radius 2 is 2.06 bits per heavy atom. The second-order valence-electron chi connectivity index (χ2n) is 3.90. The van der Waals surface area contributed by atoms with Crippen molar-refractivity contribution in [3.63, 3.8) is 0 Å². The van der Waals surface area contributed by atoms with E-state index in [1.807, 2.05) is 11.8 Å². The molecule has 1 aromatic rings. The third-order valence-corrected chi connectivity index (χ3v) is 3.39. The molecule has 1 aromatic carbocycles. The molecule has 0 atom stereocenters. The number of nitrogens with zero attached hydrogens (tertiary/aromatic N) is 1. The molecule has 0 aliphatic rings. The van der Waals surface area contributed by atoms with Crippen molar-refractivity contribution in [3.05, 3.63) is 29.8 Å². The number of hydrogen-bond acceptors (Lipinski definition) is 3. The zero-order chi connectivity index (χ0) is 11.8. The average Bonchev–Trinajstić information content (AvgIpc) is 2.30. The molecule has 0 unspecified atom stereocenters. The van der Waals surface area contributed by atoms with Crippen LogP contribution in [-0.4, -0.2) is 37.8 Å². The summed E-state index contributed by atoms with van der Waals surface area (Å²) >= 11 is 1.82. The molecule has 16 heavy (non-hydrogen) atoms. The molecule has 0 aliphatic heterocycles. The van der Waals surface area contributed by atoms with Crippen LogP contribution in [0.25, 0.3) is 0 Å². The van der Waals surface area contributed by atoms with Crippen molar-refractivity contribution in [1.82, 2.24) is 10.2 Å². The van der Waals surface area contributed by atoms with Crippen molar-refractivity contribution in [3.8, 4) is 0 Å². The molecule has 0 saturated heterocycles. The van der Waals surface area contributed by atoms with Gasteiger partial charge in [0.25, 0.3) is 0 Å². The molecule has 2 nitrogen and oxygen atoms in total. The van der Waals surface area contributed by atoms with Crippen molar-refractivity contribution in [1.29, 1.82) is 0 Å². The number of likely N-dealkylation sites (N-methyl/N-ethyl adjacent to an activating group) is 2. The first kappa shape index (κ1) is 13.6. The summed E-state index contributed by atoms with van der Waals surface area (Å²) in [7, 11) is 2.18. The Morgan fingerprint density at radius 1 is 1.31 bits per heavy atom. The molecule has 1 N–H and O–H groups in total. The number of benzene rings is 1. The van der Waals surface area contributed by atoms with Gasteiger partial charge in [-0.1, -0.05) is 25.1 Å². The van der Waals surface area contributed by atoms with Crippen LogP contribution in [0.2, 0.25) is 0 Å². The fourth-order valence-corrected chi connectivity index (χ4v) is 2.26. The molecular formula is C13H22N2S. The first-order valence-electron chi connectivity index (χ1n) is 5.79. The summed E-state index contributed by atoms with van der Waals surface area (Å²) in [5.41, 5.74) is 1.42. The van der Waals surface area contributed by atoms with E-state index in [2.05, 4.69) is 54.7 Å². The van der Waals surface area contributed by atoms with Crippen molar-refractivity contribution < 1.29 is 0 Å². The van der Waals surface area contributed by atoms with E-state index in [-0.39, 0.29) is 0 Å². The lowest BCUT2D eigenvalue weighted by molar-refractivity contribution is 0.323. The second-order valence-corrected chi connectivity index (χ2v) is 4.75. The lowest BCUT2D eigenvalue weighted by Gasteiger charge is -2.18. The Labute approximate surface area is 103 Å². The predicted octanol–water partition coefficient (Wildman–Crippen LogP) is 2.45. The van der Waals surface area contributed by atoms with Gasteiger partial charge in [-0.05, 0) is 31.5 Å². The monoisotopic (exact) mass is 238 g/mol. The minimum Gasteiger partial charge on any atom is -0.316 e. The third-order valence-electron chi connectivity index (χ3n) is 2.55. The van der Waals surface area contributed by atoms with Gasteiger partial charge in [0, 0.05) is 24.5 Å². The largest absolute Gasteiger partial charge is 0.316 e. The molecule has 0 heterocycles. The Bertz CT molecular complexity index is 302. The average molecular weight is 238 g/mol. The molecule has 90 valence electrons. The quantitative estimate of drug-likeness (QED) is 0.580. The zero-order valence-corrected chi connectivity index (χ0v) is 11.3. The molecule has 0 amide bonds. The van der Waals surface area contributed by atoms with E-state index in [0.29, 0.717) is 0 Å². The third kappa shape index (κ3) is 4.56.